The molecule has 1 saturated heterocycles. The molecule has 0 bridgehead atoms. The number of hydrogen-bond donors (Lipinski definition) is 2. The van der Waals surface area contributed by atoms with Crippen molar-refractivity contribution in [3.63, 3.8) is 0 Å². The Kier molecular flexibility index (Phi) is 1.48. The zero-order chi connectivity index (χ0) is 5.98. The number of amides is 1. The van der Waals surface area contributed by atoms with Crippen LogP contribution in [0.5, 0.6) is 0 Å². The molecule has 0 spiro atoms. The maximum absolute atomic E-state index is 10.4. The molecule has 3 heteroatoms. The van der Waals surface area contributed by atoms with E-state index in [9.17, 15) is 4.79 Å². The zero-order valence-corrected chi connectivity index (χ0v) is 4.90. The summed E-state index contributed by atoms with van der Waals surface area (Å²) in [7, 11) is 0. The molecule has 1 aliphatic rings. The fourth-order valence-electron chi connectivity index (χ4n) is 0.699. The van der Waals surface area contributed by atoms with E-state index in [0.29, 0.717) is 0 Å². The maximum Gasteiger partial charge on any atom is 0.239 e. The topological polar surface area (TPSA) is 41.1 Å². The van der Waals surface area contributed by atoms with Crippen LogP contribution >= 0.6 is 0 Å². The van der Waals surface area contributed by atoms with Crippen LogP contribution in [0.4, 0.5) is 0 Å². The average molecular weight is 114 g/mol. The summed E-state index contributed by atoms with van der Waals surface area (Å²) in [5.41, 5.74) is 0. The van der Waals surface area contributed by atoms with Crippen molar-refractivity contribution in [2.75, 3.05) is 13.1 Å². The SMILES string of the molecule is CCNC1CNC1=O. The largest absolute Gasteiger partial charge is 0.353 e. The molecule has 1 heterocycles. The highest BCUT2D eigenvalue weighted by Crippen LogP contribution is 1.91. The van der Waals surface area contributed by atoms with Crippen molar-refractivity contribution >= 4 is 5.91 Å². The van der Waals surface area contributed by atoms with Gasteiger partial charge in [-0.3, -0.25) is 4.79 Å². The molecule has 3 nitrogen and oxygen atoms in total. The summed E-state index contributed by atoms with van der Waals surface area (Å²) in [6, 6.07) is 0.0972. The molecule has 46 valence electrons. The predicted octanol–water partition coefficient (Wildman–Crippen LogP) is -0.906. The molecule has 1 unspecified atom stereocenters. The summed E-state index contributed by atoms with van der Waals surface area (Å²) in [6.07, 6.45) is 0. The van der Waals surface area contributed by atoms with Gasteiger partial charge in [-0.05, 0) is 6.54 Å². The van der Waals surface area contributed by atoms with Gasteiger partial charge in [-0.15, -0.1) is 0 Å². The lowest BCUT2D eigenvalue weighted by Crippen LogP contribution is -2.60. The molecule has 8 heavy (non-hydrogen) atoms. The Labute approximate surface area is 48.5 Å². The van der Waals surface area contributed by atoms with Gasteiger partial charge in [0.15, 0.2) is 0 Å². The van der Waals surface area contributed by atoms with Crippen LogP contribution in [-0.2, 0) is 4.79 Å². The molecule has 0 aromatic carbocycles. The van der Waals surface area contributed by atoms with Gasteiger partial charge in [-0.1, -0.05) is 6.92 Å². The minimum absolute atomic E-state index is 0.0972. The van der Waals surface area contributed by atoms with Gasteiger partial charge in [-0.25, -0.2) is 0 Å². The number of carbonyl (C=O) groups excluding carboxylic acids is 1. The first-order valence-corrected chi connectivity index (χ1v) is 2.85. The van der Waals surface area contributed by atoms with E-state index in [2.05, 4.69) is 10.6 Å². The first-order chi connectivity index (χ1) is 3.84. The molecule has 1 atom stereocenters. The van der Waals surface area contributed by atoms with E-state index in [4.69, 9.17) is 0 Å². The Balaban J connectivity index is 2.17. The summed E-state index contributed by atoms with van der Waals surface area (Å²) < 4.78 is 0. The number of rotatable bonds is 2. The molecule has 1 amide bonds. The Bertz CT molecular complexity index is 103. The monoisotopic (exact) mass is 114 g/mol. The van der Waals surface area contributed by atoms with Crippen LogP contribution in [0.2, 0.25) is 0 Å². The fourth-order valence-corrected chi connectivity index (χ4v) is 0.699. The molecular formula is C5H10N2O. The smallest absolute Gasteiger partial charge is 0.239 e. The third-order valence-corrected chi connectivity index (χ3v) is 1.25. The standard InChI is InChI=1S/C5H10N2O/c1-2-6-4-3-7-5(4)8/h4,6H,2-3H2,1H3,(H,7,8). The van der Waals surface area contributed by atoms with E-state index in [-0.39, 0.29) is 11.9 Å². The van der Waals surface area contributed by atoms with Crippen LogP contribution in [0.15, 0.2) is 0 Å². The summed E-state index contributed by atoms with van der Waals surface area (Å²) in [6.45, 7) is 3.66. The van der Waals surface area contributed by atoms with E-state index < -0.39 is 0 Å². The minimum atomic E-state index is 0.0972. The van der Waals surface area contributed by atoms with Crippen molar-refractivity contribution in [1.29, 1.82) is 0 Å². The third kappa shape index (κ3) is 0.816. The van der Waals surface area contributed by atoms with Gasteiger partial charge in [-0.2, -0.15) is 0 Å². The molecule has 0 aromatic heterocycles. The first kappa shape index (κ1) is 5.56. The second kappa shape index (κ2) is 2.13. The van der Waals surface area contributed by atoms with Gasteiger partial charge in [0.05, 0.1) is 0 Å². The lowest BCUT2D eigenvalue weighted by molar-refractivity contribution is -0.128. The van der Waals surface area contributed by atoms with Crippen LogP contribution in [0.3, 0.4) is 0 Å². The fraction of sp³-hybridized carbons (Fsp3) is 0.800. The highest BCUT2D eigenvalue weighted by molar-refractivity contribution is 5.87. The number of likely N-dealkylation sites (N-methyl/N-ethyl adjacent to an activating group) is 1. The molecular weight excluding hydrogens is 104 g/mol. The normalized spacial score (nSPS) is 26.6. The number of hydrogen-bond acceptors (Lipinski definition) is 2. The van der Waals surface area contributed by atoms with Crippen molar-refractivity contribution in [3.8, 4) is 0 Å². The summed E-state index contributed by atoms with van der Waals surface area (Å²) >= 11 is 0. The third-order valence-electron chi connectivity index (χ3n) is 1.25. The Hall–Kier alpha value is -0.570. The molecule has 0 saturated carbocycles. The minimum Gasteiger partial charge on any atom is -0.353 e. The van der Waals surface area contributed by atoms with E-state index in [1.165, 1.54) is 0 Å². The molecule has 2 N–H and O–H groups in total. The molecule has 1 aliphatic heterocycles. The van der Waals surface area contributed by atoms with Gasteiger partial charge >= 0.3 is 0 Å². The quantitative estimate of drug-likeness (QED) is 0.456. The number of carbonyl (C=O) groups is 1. The number of nitrogens with one attached hydrogen (secondary N) is 2. The van der Waals surface area contributed by atoms with Crippen molar-refractivity contribution in [3.05, 3.63) is 0 Å². The van der Waals surface area contributed by atoms with Crippen molar-refractivity contribution < 1.29 is 4.79 Å². The zero-order valence-electron chi connectivity index (χ0n) is 4.90. The maximum atomic E-state index is 10.4. The summed E-state index contributed by atoms with van der Waals surface area (Å²) in [4.78, 5) is 10.4. The van der Waals surface area contributed by atoms with Gasteiger partial charge in [0.1, 0.15) is 6.04 Å². The highest BCUT2D eigenvalue weighted by Gasteiger charge is 2.25. The second-order valence-corrected chi connectivity index (χ2v) is 1.86. The van der Waals surface area contributed by atoms with Crippen LogP contribution < -0.4 is 10.6 Å². The van der Waals surface area contributed by atoms with Gasteiger partial charge in [0, 0.05) is 6.54 Å². The first-order valence-electron chi connectivity index (χ1n) is 2.85. The van der Waals surface area contributed by atoms with E-state index in [0.717, 1.165) is 13.1 Å². The molecule has 0 aromatic rings. The van der Waals surface area contributed by atoms with Crippen LogP contribution in [0, 0.1) is 0 Å². The Morgan fingerprint density at radius 1 is 2.00 bits per heavy atom. The van der Waals surface area contributed by atoms with Crippen LogP contribution in [0.25, 0.3) is 0 Å². The highest BCUT2D eigenvalue weighted by atomic mass is 16.2. The van der Waals surface area contributed by atoms with Crippen LogP contribution in [0.1, 0.15) is 6.92 Å². The number of β-lactam (4-membered cyclic amide) rings is 1. The lowest BCUT2D eigenvalue weighted by atomic mass is 10.2. The molecule has 0 aliphatic carbocycles. The van der Waals surface area contributed by atoms with Gasteiger partial charge < -0.3 is 10.6 Å². The average Bonchev–Trinajstić information content (AvgIpc) is 1.79. The van der Waals surface area contributed by atoms with Gasteiger partial charge in [0.2, 0.25) is 5.91 Å². The van der Waals surface area contributed by atoms with Crippen molar-refractivity contribution in [2.45, 2.75) is 13.0 Å². The van der Waals surface area contributed by atoms with E-state index in [1.807, 2.05) is 6.92 Å². The van der Waals surface area contributed by atoms with E-state index >= 15 is 0 Å². The van der Waals surface area contributed by atoms with Crippen molar-refractivity contribution in [1.82, 2.24) is 10.6 Å². The molecule has 1 fully saturated rings. The molecule has 0 radical (unpaired) electrons. The Morgan fingerprint density at radius 2 is 2.75 bits per heavy atom. The van der Waals surface area contributed by atoms with Crippen LogP contribution in [-0.4, -0.2) is 25.0 Å². The van der Waals surface area contributed by atoms with Crippen molar-refractivity contribution in [2.24, 2.45) is 0 Å². The lowest BCUT2D eigenvalue weighted by Gasteiger charge is -2.25. The molecule has 1 rings (SSSR count). The second-order valence-electron chi connectivity index (χ2n) is 1.86. The summed E-state index contributed by atoms with van der Waals surface area (Å²) in [5, 5.41) is 5.66. The predicted molar refractivity (Wildman–Crippen MR) is 30.5 cm³/mol. The summed E-state index contributed by atoms with van der Waals surface area (Å²) in [5.74, 6) is 0.131. The van der Waals surface area contributed by atoms with E-state index in [1.54, 1.807) is 0 Å². The van der Waals surface area contributed by atoms with Gasteiger partial charge in [0.25, 0.3) is 0 Å². The Morgan fingerprint density at radius 3 is 2.88 bits per heavy atom.